The molecule has 0 aliphatic carbocycles. The molecule has 3 N–H and O–H groups in total. The van der Waals surface area contributed by atoms with Gasteiger partial charge in [-0.3, -0.25) is 0 Å². The number of nitrogens with two attached hydrogens (primary N) is 1. The third kappa shape index (κ3) is 3.21. The van der Waals surface area contributed by atoms with Crippen LogP contribution in [0.1, 0.15) is 16.4 Å². The van der Waals surface area contributed by atoms with Crippen molar-refractivity contribution in [3.8, 4) is 0 Å². The van der Waals surface area contributed by atoms with Crippen molar-refractivity contribution < 1.29 is 0 Å². The summed E-state index contributed by atoms with van der Waals surface area (Å²) < 4.78 is 0. The lowest BCUT2D eigenvalue weighted by atomic mass is 10.3. The van der Waals surface area contributed by atoms with Crippen molar-refractivity contribution in [3.05, 3.63) is 34.2 Å². The minimum absolute atomic E-state index is 0.246. The van der Waals surface area contributed by atoms with Crippen LogP contribution in [0.3, 0.4) is 0 Å². The van der Waals surface area contributed by atoms with Crippen LogP contribution in [0.25, 0.3) is 0 Å². The van der Waals surface area contributed by atoms with Gasteiger partial charge in [0.1, 0.15) is 10.7 Å². The van der Waals surface area contributed by atoms with Gasteiger partial charge in [-0.25, -0.2) is 15.0 Å². The molecule has 94 valence electrons. The van der Waals surface area contributed by atoms with Crippen LogP contribution in [0.2, 0.25) is 0 Å². The van der Waals surface area contributed by atoms with Gasteiger partial charge in [-0.1, -0.05) is 12.2 Å². The molecule has 0 saturated heterocycles. The Balaban J connectivity index is 1.96. The number of hydrogen-bond donors (Lipinski definition) is 2. The molecule has 2 rings (SSSR count). The predicted molar refractivity (Wildman–Crippen MR) is 77.0 cm³/mol. The van der Waals surface area contributed by atoms with Gasteiger partial charge in [-0.2, -0.15) is 0 Å². The minimum Gasteiger partial charge on any atom is -0.388 e. The third-order valence-corrected chi connectivity index (χ3v) is 3.45. The molecule has 0 atom stereocenters. The second-order valence-electron chi connectivity index (χ2n) is 3.68. The van der Waals surface area contributed by atoms with Gasteiger partial charge in [-0.15, -0.1) is 11.3 Å². The summed E-state index contributed by atoms with van der Waals surface area (Å²) in [5, 5.41) is 6.32. The van der Waals surface area contributed by atoms with E-state index < -0.39 is 0 Å². The van der Waals surface area contributed by atoms with Gasteiger partial charge in [-0.05, 0) is 6.92 Å². The maximum atomic E-state index is 5.58. The van der Waals surface area contributed by atoms with E-state index in [4.69, 9.17) is 18.0 Å². The zero-order valence-corrected chi connectivity index (χ0v) is 11.5. The first kappa shape index (κ1) is 12.8. The first-order chi connectivity index (χ1) is 8.66. The molecule has 2 aromatic rings. The molecule has 0 aromatic carbocycles. The molecule has 18 heavy (non-hydrogen) atoms. The van der Waals surface area contributed by atoms with E-state index in [-0.39, 0.29) is 4.99 Å². The molecule has 0 radical (unpaired) electrons. The predicted octanol–water partition coefficient (Wildman–Crippen LogP) is 1.53. The first-order valence-corrected chi connectivity index (χ1v) is 6.71. The van der Waals surface area contributed by atoms with E-state index in [0.29, 0.717) is 11.5 Å². The summed E-state index contributed by atoms with van der Waals surface area (Å²) in [5.41, 5.74) is 7.16. The summed E-state index contributed by atoms with van der Waals surface area (Å²) in [7, 11) is 0. The highest BCUT2D eigenvalue weighted by Gasteiger charge is 2.07. The molecule has 2 aromatic heterocycles. The fourth-order valence-corrected chi connectivity index (χ4v) is 2.38. The van der Waals surface area contributed by atoms with E-state index in [1.54, 1.807) is 23.7 Å². The monoisotopic (exact) mass is 279 g/mol. The van der Waals surface area contributed by atoms with Gasteiger partial charge in [0, 0.05) is 36.4 Å². The van der Waals surface area contributed by atoms with Gasteiger partial charge in [0.05, 0.1) is 5.01 Å². The molecule has 2 heterocycles. The smallest absolute Gasteiger partial charge is 0.155 e. The van der Waals surface area contributed by atoms with E-state index in [0.717, 1.165) is 23.7 Å². The fourth-order valence-electron chi connectivity index (χ4n) is 1.45. The molecule has 0 spiro atoms. The molecule has 0 unspecified atom stereocenters. The summed E-state index contributed by atoms with van der Waals surface area (Å²) in [4.78, 5) is 12.9. The summed E-state index contributed by atoms with van der Waals surface area (Å²) in [6.07, 6.45) is 4.02. The highest BCUT2D eigenvalue weighted by atomic mass is 32.1. The van der Waals surface area contributed by atoms with Crippen LogP contribution in [-0.4, -0.2) is 26.5 Å². The van der Waals surface area contributed by atoms with Crippen molar-refractivity contribution in [1.29, 1.82) is 0 Å². The normalized spacial score (nSPS) is 10.3. The Morgan fingerprint density at radius 3 is 2.89 bits per heavy atom. The number of hydrogen-bond acceptors (Lipinski definition) is 6. The quantitative estimate of drug-likeness (QED) is 0.808. The molecular formula is C11H13N5S2. The molecular weight excluding hydrogens is 266 g/mol. The standard InChI is InChI=1S/C11H13N5S2/c1-7-6-18-8(16-7)2-3-14-11-9(10(12)17)13-4-5-15-11/h4-6H,2-3H2,1H3,(H2,12,17)(H,14,15). The van der Waals surface area contributed by atoms with E-state index in [2.05, 4.69) is 20.3 Å². The molecule has 0 aliphatic heterocycles. The Morgan fingerprint density at radius 1 is 1.44 bits per heavy atom. The second kappa shape index (κ2) is 5.83. The van der Waals surface area contributed by atoms with Crippen molar-refractivity contribution in [1.82, 2.24) is 15.0 Å². The van der Waals surface area contributed by atoms with E-state index in [1.165, 1.54) is 0 Å². The van der Waals surface area contributed by atoms with Gasteiger partial charge in [0.15, 0.2) is 5.82 Å². The van der Waals surface area contributed by atoms with Crippen molar-refractivity contribution in [2.24, 2.45) is 5.73 Å². The second-order valence-corrected chi connectivity index (χ2v) is 5.06. The van der Waals surface area contributed by atoms with Gasteiger partial charge >= 0.3 is 0 Å². The summed E-state index contributed by atoms with van der Waals surface area (Å²) in [5.74, 6) is 0.623. The number of aryl methyl sites for hydroxylation is 1. The topological polar surface area (TPSA) is 76.7 Å². The summed E-state index contributed by atoms with van der Waals surface area (Å²) in [6, 6.07) is 0. The number of rotatable bonds is 5. The Morgan fingerprint density at radius 2 is 2.22 bits per heavy atom. The highest BCUT2D eigenvalue weighted by molar-refractivity contribution is 7.80. The maximum Gasteiger partial charge on any atom is 0.155 e. The van der Waals surface area contributed by atoms with Gasteiger partial charge in [0.2, 0.25) is 0 Å². The Kier molecular flexibility index (Phi) is 4.16. The maximum absolute atomic E-state index is 5.58. The Bertz CT molecular complexity index is 552. The van der Waals surface area contributed by atoms with Crippen LogP contribution in [0.15, 0.2) is 17.8 Å². The summed E-state index contributed by atoms with van der Waals surface area (Å²) >= 11 is 6.58. The number of nitrogens with one attached hydrogen (secondary N) is 1. The van der Waals surface area contributed by atoms with Crippen molar-refractivity contribution in [2.45, 2.75) is 13.3 Å². The van der Waals surface area contributed by atoms with Crippen LogP contribution in [0, 0.1) is 6.92 Å². The third-order valence-electron chi connectivity index (χ3n) is 2.23. The number of nitrogens with zero attached hydrogens (tertiary/aromatic N) is 3. The lowest BCUT2D eigenvalue weighted by Crippen LogP contribution is -2.17. The SMILES string of the molecule is Cc1csc(CCNc2nccnc2C(N)=S)n1. The lowest BCUT2D eigenvalue weighted by molar-refractivity contribution is 0.972. The van der Waals surface area contributed by atoms with Crippen molar-refractivity contribution in [2.75, 3.05) is 11.9 Å². The number of aromatic nitrogens is 3. The Hall–Kier alpha value is -1.60. The van der Waals surface area contributed by atoms with Crippen LogP contribution < -0.4 is 11.1 Å². The molecule has 5 nitrogen and oxygen atoms in total. The largest absolute Gasteiger partial charge is 0.388 e. The van der Waals surface area contributed by atoms with Crippen molar-refractivity contribution >= 4 is 34.4 Å². The van der Waals surface area contributed by atoms with Crippen LogP contribution in [0.5, 0.6) is 0 Å². The Labute approximate surface area is 114 Å². The molecule has 0 amide bonds. The number of thiazole rings is 1. The molecule has 7 heteroatoms. The first-order valence-electron chi connectivity index (χ1n) is 5.42. The summed E-state index contributed by atoms with van der Waals surface area (Å²) in [6.45, 7) is 2.71. The zero-order valence-electron chi connectivity index (χ0n) is 9.88. The molecule has 0 fully saturated rings. The fraction of sp³-hybridized carbons (Fsp3) is 0.273. The van der Waals surface area contributed by atoms with E-state index in [9.17, 15) is 0 Å². The number of anilines is 1. The molecule has 0 bridgehead atoms. The van der Waals surface area contributed by atoms with E-state index >= 15 is 0 Å². The average Bonchev–Trinajstić information content (AvgIpc) is 2.75. The van der Waals surface area contributed by atoms with Gasteiger partial charge < -0.3 is 11.1 Å². The van der Waals surface area contributed by atoms with E-state index in [1.807, 2.05) is 12.3 Å². The average molecular weight is 279 g/mol. The lowest BCUT2D eigenvalue weighted by Gasteiger charge is -2.07. The highest BCUT2D eigenvalue weighted by Crippen LogP contribution is 2.11. The minimum atomic E-state index is 0.246. The van der Waals surface area contributed by atoms with Crippen LogP contribution >= 0.6 is 23.6 Å². The number of thiocarbonyl (C=S) groups is 1. The van der Waals surface area contributed by atoms with Crippen LogP contribution in [0.4, 0.5) is 5.82 Å². The zero-order chi connectivity index (χ0) is 13.0. The molecule has 0 saturated carbocycles. The molecule has 0 aliphatic rings. The van der Waals surface area contributed by atoms with Crippen LogP contribution in [-0.2, 0) is 6.42 Å². The van der Waals surface area contributed by atoms with Crippen molar-refractivity contribution in [3.63, 3.8) is 0 Å². The van der Waals surface area contributed by atoms with Gasteiger partial charge in [0.25, 0.3) is 0 Å².